The van der Waals surface area contributed by atoms with Gasteiger partial charge >= 0.3 is 12.0 Å². The van der Waals surface area contributed by atoms with Crippen LogP contribution in [0.2, 0.25) is 0 Å². The highest BCUT2D eigenvalue weighted by molar-refractivity contribution is 5.95. The minimum Gasteiger partial charge on any atom is -0.494 e. The van der Waals surface area contributed by atoms with Gasteiger partial charge in [0.15, 0.2) is 0 Å². The lowest BCUT2D eigenvalue weighted by Gasteiger charge is -2.45. The number of carbonyl (C=O) groups excluding carboxylic acids is 2. The Kier molecular flexibility index (Phi) is 10.9. The number of benzene rings is 2. The number of urea groups is 1. The summed E-state index contributed by atoms with van der Waals surface area (Å²) in [5.41, 5.74) is 2.21. The molecule has 9 heteroatoms. The second kappa shape index (κ2) is 14.6. The van der Waals surface area contributed by atoms with Crippen molar-refractivity contribution in [3.63, 3.8) is 0 Å². The minimum absolute atomic E-state index is 0.0474. The fraction of sp³-hybridized carbons (Fsp3) is 0.559. The standard InChI is InChI=1S/C34H47N3O6/c1-5-6-20-42-27-14-10-25(11-15-27)36-33(41)37(26-12-8-24(9-13-26)34(2,3)4)29-18-21-43-30-22-23(7-16-28(29)30)32(40)35-19-17-31(38)39/h7,10-11,14-16,22,24,26,29H,5-6,8-9,12-13,17-21H2,1-4H3,(H,35,40)(H,36,41)(H,38,39). The van der Waals surface area contributed by atoms with Crippen molar-refractivity contribution in [2.45, 2.75) is 91.1 Å². The van der Waals surface area contributed by atoms with Gasteiger partial charge in [0.1, 0.15) is 11.5 Å². The zero-order valence-corrected chi connectivity index (χ0v) is 26.0. The lowest BCUT2D eigenvalue weighted by atomic mass is 9.71. The predicted octanol–water partition coefficient (Wildman–Crippen LogP) is 7.03. The SMILES string of the molecule is CCCCOc1ccc(NC(=O)N(C2CCC(C(C)(C)C)CC2)C2CCOc3cc(C(=O)NCCC(=O)O)ccc32)cc1. The highest BCUT2D eigenvalue weighted by atomic mass is 16.5. The van der Waals surface area contributed by atoms with E-state index in [4.69, 9.17) is 14.6 Å². The van der Waals surface area contributed by atoms with Crippen LogP contribution in [0.5, 0.6) is 11.5 Å². The van der Waals surface area contributed by atoms with Gasteiger partial charge in [-0.2, -0.15) is 0 Å². The van der Waals surface area contributed by atoms with E-state index in [1.807, 2.05) is 35.2 Å². The van der Waals surface area contributed by atoms with Gasteiger partial charge in [-0.25, -0.2) is 4.79 Å². The van der Waals surface area contributed by atoms with Gasteiger partial charge < -0.3 is 30.1 Å². The van der Waals surface area contributed by atoms with E-state index in [9.17, 15) is 14.4 Å². The van der Waals surface area contributed by atoms with Crippen LogP contribution in [0.25, 0.3) is 0 Å². The Labute approximate surface area is 255 Å². The van der Waals surface area contributed by atoms with Crippen molar-refractivity contribution < 1.29 is 29.0 Å². The van der Waals surface area contributed by atoms with Gasteiger partial charge in [0.2, 0.25) is 0 Å². The van der Waals surface area contributed by atoms with Gasteiger partial charge in [-0.1, -0.05) is 40.2 Å². The largest absolute Gasteiger partial charge is 0.494 e. The highest BCUT2D eigenvalue weighted by Crippen LogP contribution is 2.44. The number of carboxylic acid groups (broad SMARTS) is 1. The molecule has 1 aliphatic heterocycles. The Morgan fingerprint density at radius 3 is 2.40 bits per heavy atom. The number of nitrogens with zero attached hydrogens (tertiary/aromatic N) is 1. The molecule has 1 atom stereocenters. The molecule has 1 aliphatic carbocycles. The number of ether oxygens (including phenoxy) is 2. The molecule has 0 spiro atoms. The Morgan fingerprint density at radius 2 is 1.74 bits per heavy atom. The van der Waals surface area contributed by atoms with E-state index in [0.717, 1.165) is 49.8 Å². The van der Waals surface area contributed by atoms with E-state index < -0.39 is 5.97 Å². The number of amides is 3. The Morgan fingerprint density at radius 1 is 1.02 bits per heavy atom. The summed E-state index contributed by atoms with van der Waals surface area (Å²) in [6.07, 6.45) is 6.54. The van der Waals surface area contributed by atoms with Crippen LogP contribution in [0.15, 0.2) is 42.5 Å². The van der Waals surface area contributed by atoms with Crippen LogP contribution in [0, 0.1) is 11.3 Å². The molecule has 234 valence electrons. The fourth-order valence-corrected chi connectivity index (χ4v) is 6.12. The van der Waals surface area contributed by atoms with Crippen LogP contribution in [0.3, 0.4) is 0 Å². The molecule has 1 heterocycles. The van der Waals surface area contributed by atoms with Crippen LogP contribution in [0.4, 0.5) is 10.5 Å². The molecule has 3 amide bonds. The Bertz CT molecular complexity index is 1250. The molecule has 9 nitrogen and oxygen atoms in total. The molecule has 2 aromatic carbocycles. The molecule has 0 saturated heterocycles. The summed E-state index contributed by atoms with van der Waals surface area (Å²) < 4.78 is 11.8. The number of unbranched alkanes of at least 4 members (excludes halogenated alkanes) is 1. The summed E-state index contributed by atoms with van der Waals surface area (Å²) in [7, 11) is 0. The highest BCUT2D eigenvalue weighted by Gasteiger charge is 2.39. The van der Waals surface area contributed by atoms with Crippen LogP contribution < -0.4 is 20.1 Å². The Hall–Kier alpha value is -3.75. The third-order valence-electron chi connectivity index (χ3n) is 8.67. The van der Waals surface area contributed by atoms with E-state index >= 15 is 0 Å². The molecule has 2 aromatic rings. The number of aliphatic carboxylic acids is 1. The number of carboxylic acids is 1. The Balaban J connectivity index is 1.55. The van der Waals surface area contributed by atoms with E-state index in [-0.39, 0.29) is 42.4 Å². The number of anilines is 1. The normalized spacial score (nSPS) is 19.9. The number of hydrogen-bond donors (Lipinski definition) is 3. The van der Waals surface area contributed by atoms with Crippen molar-refractivity contribution in [1.82, 2.24) is 10.2 Å². The zero-order valence-electron chi connectivity index (χ0n) is 26.0. The molecule has 4 rings (SSSR count). The van der Waals surface area contributed by atoms with Crippen molar-refractivity contribution in [2.75, 3.05) is 25.1 Å². The monoisotopic (exact) mass is 593 g/mol. The summed E-state index contributed by atoms with van der Waals surface area (Å²) in [6.45, 7) is 10.1. The first kappa shape index (κ1) is 32.2. The van der Waals surface area contributed by atoms with Crippen LogP contribution in [-0.4, -0.2) is 53.7 Å². The molecule has 1 fully saturated rings. The van der Waals surface area contributed by atoms with Crippen LogP contribution in [0.1, 0.15) is 101 Å². The first-order valence-electron chi connectivity index (χ1n) is 15.7. The summed E-state index contributed by atoms with van der Waals surface area (Å²) in [4.78, 5) is 39.6. The number of rotatable bonds is 11. The lowest BCUT2D eigenvalue weighted by molar-refractivity contribution is -0.136. The third-order valence-corrected chi connectivity index (χ3v) is 8.67. The molecule has 2 aliphatic rings. The number of carbonyl (C=O) groups is 3. The molecule has 3 N–H and O–H groups in total. The van der Waals surface area contributed by atoms with E-state index in [1.54, 1.807) is 12.1 Å². The van der Waals surface area contributed by atoms with Gasteiger partial charge in [-0.15, -0.1) is 0 Å². The molecular weight excluding hydrogens is 546 g/mol. The minimum atomic E-state index is -0.969. The molecule has 0 radical (unpaired) electrons. The van der Waals surface area contributed by atoms with Crippen molar-refractivity contribution in [3.05, 3.63) is 53.6 Å². The summed E-state index contributed by atoms with van der Waals surface area (Å²) in [5, 5.41) is 14.7. The van der Waals surface area contributed by atoms with Crippen molar-refractivity contribution in [1.29, 1.82) is 0 Å². The molecule has 43 heavy (non-hydrogen) atoms. The summed E-state index contributed by atoms with van der Waals surface area (Å²) >= 11 is 0. The summed E-state index contributed by atoms with van der Waals surface area (Å²) in [6, 6.07) is 12.5. The molecule has 0 aromatic heterocycles. The van der Waals surface area contributed by atoms with Crippen molar-refractivity contribution in [2.24, 2.45) is 11.3 Å². The van der Waals surface area contributed by atoms with Crippen molar-refractivity contribution in [3.8, 4) is 11.5 Å². The fourth-order valence-electron chi connectivity index (χ4n) is 6.12. The number of hydrogen-bond acceptors (Lipinski definition) is 5. The molecule has 0 bridgehead atoms. The summed E-state index contributed by atoms with van der Waals surface area (Å²) in [5.74, 6) is 0.648. The molecule has 1 unspecified atom stereocenters. The predicted molar refractivity (Wildman–Crippen MR) is 167 cm³/mol. The quantitative estimate of drug-likeness (QED) is 0.241. The van der Waals surface area contributed by atoms with Gasteiger partial charge in [0.05, 0.1) is 25.7 Å². The van der Waals surface area contributed by atoms with E-state index in [0.29, 0.717) is 42.6 Å². The smallest absolute Gasteiger partial charge is 0.322 e. The van der Waals surface area contributed by atoms with Crippen molar-refractivity contribution >= 4 is 23.6 Å². The zero-order chi connectivity index (χ0) is 31.0. The van der Waals surface area contributed by atoms with Gasteiger partial charge in [0, 0.05) is 35.8 Å². The van der Waals surface area contributed by atoms with Gasteiger partial charge in [0.25, 0.3) is 5.91 Å². The van der Waals surface area contributed by atoms with Gasteiger partial charge in [-0.3, -0.25) is 9.59 Å². The maximum absolute atomic E-state index is 14.1. The third kappa shape index (κ3) is 8.65. The first-order chi connectivity index (χ1) is 20.6. The molecular formula is C34H47N3O6. The maximum Gasteiger partial charge on any atom is 0.322 e. The van der Waals surface area contributed by atoms with Gasteiger partial charge in [-0.05, 0) is 79.8 Å². The molecule has 1 saturated carbocycles. The average Bonchev–Trinajstić information content (AvgIpc) is 2.98. The lowest BCUT2D eigenvalue weighted by Crippen LogP contribution is -2.48. The average molecular weight is 594 g/mol. The second-order valence-electron chi connectivity index (χ2n) is 12.7. The topological polar surface area (TPSA) is 117 Å². The van der Waals surface area contributed by atoms with Crippen LogP contribution in [-0.2, 0) is 4.79 Å². The second-order valence-corrected chi connectivity index (χ2v) is 12.7. The van der Waals surface area contributed by atoms with Crippen LogP contribution >= 0.6 is 0 Å². The number of fused-ring (bicyclic) bond motifs is 1. The van der Waals surface area contributed by atoms with E-state index in [2.05, 4.69) is 38.3 Å². The maximum atomic E-state index is 14.1. The first-order valence-corrected chi connectivity index (χ1v) is 15.7. The van der Waals surface area contributed by atoms with E-state index in [1.165, 1.54) is 0 Å². The number of nitrogens with one attached hydrogen (secondary N) is 2.